The average molecular weight is 405 g/mol. The molecule has 3 aromatic rings. The first-order valence-corrected chi connectivity index (χ1v) is 9.69. The Morgan fingerprint density at radius 1 is 0.862 bits per heavy atom. The number of carbonyl (C=O) groups is 3. The minimum atomic E-state index is -0.304. The van der Waals surface area contributed by atoms with Crippen molar-refractivity contribution in [3.8, 4) is 0 Å². The quantitative estimate of drug-likeness (QED) is 0.542. The fourth-order valence-corrected chi connectivity index (χ4v) is 3.14. The predicted molar refractivity (Wildman–Crippen MR) is 116 cm³/mol. The van der Waals surface area contributed by atoms with Crippen LogP contribution in [-0.4, -0.2) is 24.8 Å². The summed E-state index contributed by atoms with van der Waals surface area (Å²) in [6.07, 6.45) is 3.07. The number of benzene rings is 2. The van der Waals surface area contributed by atoms with Gasteiger partial charge in [0.05, 0.1) is 4.88 Å². The first-order valence-electron chi connectivity index (χ1n) is 8.81. The lowest BCUT2D eigenvalue weighted by Crippen LogP contribution is -2.17. The van der Waals surface area contributed by atoms with Crippen LogP contribution in [0.3, 0.4) is 0 Å². The second-order valence-electron chi connectivity index (χ2n) is 6.04. The van der Waals surface area contributed by atoms with Crippen LogP contribution in [-0.2, 0) is 4.79 Å². The molecule has 0 unspecified atom stereocenters. The summed E-state index contributed by atoms with van der Waals surface area (Å²) in [5, 5.41) is 9.96. The van der Waals surface area contributed by atoms with Crippen molar-refractivity contribution in [2.75, 3.05) is 17.7 Å². The Labute approximate surface area is 172 Å². The van der Waals surface area contributed by atoms with Crippen molar-refractivity contribution in [1.29, 1.82) is 0 Å². The van der Waals surface area contributed by atoms with Crippen molar-refractivity contribution in [3.63, 3.8) is 0 Å². The van der Waals surface area contributed by atoms with Gasteiger partial charge in [0, 0.05) is 30.1 Å². The van der Waals surface area contributed by atoms with Gasteiger partial charge in [-0.2, -0.15) is 0 Å². The normalized spacial score (nSPS) is 10.5. The molecule has 0 fully saturated rings. The smallest absolute Gasteiger partial charge is 0.265 e. The van der Waals surface area contributed by atoms with E-state index in [-0.39, 0.29) is 17.7 Å². The van der Waals surface area contributed by atoms with Gasteiger partial charge in [-0.3, -0.25) is 14.4 Å². The van der Waals surface area contributed by atoms with E-state index in [4.69, 9.17) is 0 Å². The number of nitrogens with one attached hydrogen (secondary N) is 3. The third kappa shape index (κ3) is 5.63. The van der Waals surface area contributed by atoms with E-state index >= 15 is 0 Å². The van der Waals surface area contributed by atoms with Crippen molar-refractivity contribution in [2.45, 2.75) is 0 Å². The lowest BCUT2D eigenvalue weighted by atomic mass is 10.1. The maximum atomic E-state index is 12.2. The molecule has 0 aliphatic heterocycles. The van der Waals surface area contributed by atoms with E-state index in [9.17, 15) is 14.4 Å². The van der Waals surface area contributed by atoms with E-state index in [1.54, 1.807) is 67.7 Å². The van der Waals surface area contributed by atoms with Crippen molar-refractivity contribution in [1.82, 2.24) is 5.32 Å². The summed E-state index contributed by atoms with van der Waals surface area (Å²) in [5.74, 6) is -0.657. The summed E-state index contributed by atoms with van der Waals surface area (Å²) in [5.41, 5.74) is 2.51. The van der Waals surface area contributed by atoms with E-state index in [1.165, 1.54) is 17.4 Å². The van der Waals surface area contributed by atoms with Gasteiger partial charge in [-0.1, -0.05) is 24.3 Å². The fraction of sp³-hybridized carbons (Fsp3) is 0.0455. The van der Waals surface area contributed by atoms with Gasteiger partial charge in [-0.05, 0) is 53.4 Å². The molecule has 3 N–H and O–H groups in total. The van der Waals surface area contributed by atoms with Gasteiger partial charge in [0.2, 0.25) is 5.91 Å². The van der Waals surface area contributed by atoms with Crippen molar-refractivity contribution >= 4 is 46.5 Å². The van der Waals surface area contributed by atoms with Gasteiger partial charge in [-0.25, -0.2) is 0 Å². The van der Waals surface area contributed by atoms with Crippen LogP contribution in [0.15, 0.2) is 72.1 Å². The summed E-state index contributed by atoms with van der Waals surface area (Å²) in [6.45, 7) is 0. The third-order valence-electron chi connectivity index (χ3n) is 3.96. The zero-order valence-corrected chi connectivity index (χ0v) is 16.5. The van der Waals surface area contributed by atoms with E-state index in [1.807, 2.05) is 11.4 Å². The monoisotopic (exact) mass is 405 g/mol. The maximum Gasteiger partial charge on any atom is 0.265 e. The molecule has 0 bridgehead atoms. The number of amides is 3. The standard InChI is InChI=1S/C22H19N3O3S/c1-23-21(27)16-10-7-15(8-11-16)9-12-20(26)24-17-4-2-5-18(14-17)25-22(28)19-6-3-13-29-19/h2-14H,1H3,(H,23,27)(H,24,26)(H,25,28)/b12-9+. The molecule has 0 atom stereocenters. The molecule has 6 nitrogen and oxygen atoms in total. The van der Waals surface area contributed by atoms with Crippen molar-refractivity contribution in [3.05, 3.63) is 88.1 Å². The van der Waals surface area contributed by atoms with Crippen LogP contribution >= 0.6 is 11.3 Å². The Hall–Kier alpha value is -3.71. The molecule has 0 spiro atoms. The van der Waals surface area contributed by atoms with Crippen LogP contribution in [0.2, 0.25) is 0 Å². The van der Waals surface area contributed by atoms with Gasteiger partial charge in [0.25, 0.3) is 11.8 Å². The average Bonchev–Trinajstić information content (AvgIpc) is 3.27. The molecule has 1 heterocycles. The van der Waals surface area contributed by atoms with Gasteiger partial charge in [0.15, 0.2) is 0 Å². The lowest BCUT2D eigenvalue weighted by molar-refractivity contribution is -0.111. The highest BCUT2D eigenvalue weighted by Gasteiger charge is 2.07. The third-order valence-corrected chi connectivity index (χ3v) is 4.83. The Kier molecular flexibility index (Phi) is 6.55. The summed E-state index contributed by atoms with van der Waals surface area (Å²) >= 11 is 1.36. The summed E-state index contributed by atoms with van der Waals surface area (Å²) in [6, 6.07) is 17.4. The molecule has 0 saturated carbocycles. The first-order chi connectivity index (χ1) is 14.0. The molecule has 7 heteroatoms. The largest absolute Gasteiger partial charge is 0.355 e. The maximum absolute atomic E-state index is 12.2. The molecule has 0 saturated heterocycles. The summed E-state index contributed by atoms with van der Waals surface area (Å²) in [4.78, 5) is 36.5. The molecular weight excluding hydrogens is 386 g/mol. The van der Waals surface area contributed by atoms with E-state index in [0.717, 1.165) is 5.56 Å². The van der Waals surface area contributed by atoms with Crippen LogP contribution in [0.4, 0.5) is 11.4 Å². The molecule has 29 heavy (non-hydrogen) atoms. The zero-order chi connectivity index (χ0) is 20.6. The second-order valence-corrected chi connectivity index (χ2v) is 6.98. The van der Waals surface area contributed by atoms with Crippen LogP contribution in [0, 0.1) is 0 Å². The van der Waals surface area contributed by atoms with E-state index in [2.05, 4.69) is 16.0 Å². The van der Waals surface area contributed by atoms with E-state index < -0.39 is 0 Å². The number of thiophene rings is 1. The Morgan fingerprint density at radius 2 is 1.59 bits per heavy atom. The molecule has 146 valence electrons. The van der Waals surface area contributed by atoms with Crippen LogP contribution in [0.1, 0.15) is 25.6 Å². The molecule has 3 rings (SSSR count). The zero-order valence-electron chi connectivity index (χ0n) is 15.6. The molecule has 0 aliphatic carbocycles. The number of anilines is 2. The second kappa shape index (κ2) is 9.48. The van der Waals surface area contributed by atoms with E-state index in [0.29, 0.717) is 21.8 Å². The molecule has 3 amide bonds. The van der Waals surface area contributed by atoms with Gasteiger partial charge >= 0.3 is 0 Å². The Morgan fingerprint density at radius 3 is 2.24 bits per heavy atom. The molecular formula is C22H19N3O3S. The summed E-state index contributed by atoms with van der Waals surface area (Å²) in [7, 11) is 1.57. The van der Waals surface area contributed by atoms with Gasteiger partial charge in [-0.15, -0.1) is 11.3 Å². The highest BCUT2D eigenvalue weighted by atomic mass is 32.1. The molecule has 0 aliphatic rings. The van der Waals surface area contributed by atoms with Crippen molar-refractivity contribution in [2.24, 2.45) is 0 Å². The lowest BCUT2D eigenvalue weighted by Gasteiger charge is -2.07. The Balaban J connectivity index is 1.59. The van der Waals surface area contributed by atoms with Gasteiger partial charge in [0.1, 0.15) is 0 Å². The highest BCUT2D eigenvalue weighted by molar-refractivity contribution is 7.12. The SMILES string of the molecule is CNC(=O)c1ccc(/C=C/C(=O)Nc2cccc(NC(=O)c3cccs3)c2)cc1. The van der Waals surface area contributed by atoms with Crippen LogP contribution < -0.4 is 16.0 Å². The van der Waals surface area contributed by atoms with Gasteiger partial charge < -0.3 is 16.0 Å². The Bertz CT molecular complexity index is 1040. The first kappa shape index (κ1) is 20.0. The molecule has 1 aromatic heterocycles. The topological polar surface area (TPSA) is 87.3 Å². The highest BCUT2D eigenvalue weighted by Crippen LogP contribution is 2.18. The summed E-state index contributed by atoms with van der Waals surface area (Å²) < 4.78 is 0. The fourth-order valence-electron chi connectivity index (χ4n) is 2.52. The number of rotatable bonds is 6. The number of carbonyl (C=O) groups excluding carboxylic acids is 3. The van der Waals surface area contributed by atoms with Crippen LogP contribution in [0.5, 0.6) is 0 Å². The number of hydrogen-bond donors (Lipinski definition) is 3. The molecule has 2 aromatic carbocycles. The number of hydrogen-bond acceptors (Lipinski definition) is 4. The minimum absolute atomic E-state index is 0.163. The van der Waals surface area contributed by atoms with Crippen molar-refractivity contribution < 1.29 is 14.4 Å². The van der Waals surface area contributed by atoms with Crippen LogP contribution in [0.25, 0.3) is 6.08 Å². The minimum Gasteiger partial charge on any atom is -0.355 e. The molecule has 0 radical (unpaired) electrons. The predicted octanol–water partition coefficient (Wildman–Crippen LogP) is 4.01.